The number of carbonyl (C=O) groups excluding carboxylic acids is 1. The van der Waals surface area contributed by atoms with E-state index in [4.69, 9.17) is 4.74 Å². The van der Waals surface area contributed by atoms with Gasteiger partial charge in [-0.15, -0.1) is 0 Å². The number of ether oxygens (including phenoxy) is 1. The first kappa shape index (κ1) is 14.4. The molecule has 0 radical (unpaired) electrons. The number of carbonyl (C=O) groups is 1. The van der Waals surface area contributed by atoms with Crippen molar-refractivity contribution in [3.05, 3.63) is 22.7 Å². The molecule has 1 aliphatic heterocycles. The second kappa shape index (κ2) is 6.40. The van der Waals surface area contributed by atoms with E-state index in [-0.39, 0.29) is 11.7 Å². The van der Waals surface area contributed by atoms with Crippen molar-refractivity contribution in [2.24, 2.45) is 0 Å². The Morgan fingerprint density at radius 3 is 2.60 bits per heavy atom. The summed E-state index contributed by atoms with van der Waals surface area (Å²) in [6.07, 6.45) is 3.03. The normalized spacial score (nSPS) is 15.3. The number of hydrogen-bond donors (Lipinski definition) is 0. The Balaban J connectivity index is 2.04. The Morgan fingerprint density at radius 1 is 1.30 bits per heavy atom. The molecule has 2 heterocycles. The Bertz CT molecular complexity index is 521. The number of amides is 1. The Kier molecular flexibility index (Phi) is 4.60. The molecule has 1 aromatic heterocycles. The summed E-state index contributed by atoms with van der Waals surface area (Å²) in [4.78, 5) is 31.5. The molecule has 20 heavy (non-hydrogen) atoms. The first-order chi connectivity index (χ1) is 9.67. The lowest BCUT2D eigenvalue weighted by molar-refractivity contribution is 0.105. The molecular formula is C13H20N4O3. The molecule has 1 aliphatic rings. The summed E-state index contributed by atoms with van der Waals surface area (Å²) < 4.78 is 6.59. The van der Waals surface area contributed by atoms with Gasteiger partial charge in [0.25, 0.3) is 5.56 Å². The van der Waals surface area contributed by atoms with Crippen LogP contribution in [-0.2, 0) is 11.3 Å². The molecule has 1 amide bonds. The number of aromatic nitrogens is 2. The molecular weight excluding hydrogens is 260 g/mol. The Labute approximate surface area is 117 Å². The van der Waals surface area contributed by atoms with Gasteiger partial charge in [-0.3, -0.25) is 4.79 Å². The molecule has 110 valence electrons. The summed E-state index contributed by atoms with van der Waals surface area (Å²) >= 11 is 0. The Hall–Kier alpha value is -2.05. The summed E-state index contributed by atoms with van der Waals surface area (Å²) in [5.41, 5.74) is -0.0837. The van der Waals surface area contributed by atoms with Gasteiger partial charge >= 0.3 is 6.09 Å². The second-order valence-electron chi connectivity index (χ2n) is 4.52. The molecule has 1 aromatic rings. The molecule has 0 aromatic carbocycles. The van der Waals surface area contributed by atoms with Crippen molar-refractivity contribution in [3.8, 4) is 0 Å². The summed E-state index contributed by atoms with van der Waals surface area (Å²) in [6.45, 7) is 6.97. The highest BCUT2D eigenvalue weighted by Gasteiger charge is 2.24. The van der Waals surface area contributed by atoms with E-state index in [9.17, 15) is 9.59 Å². The van der Waals surface area contributed by atoms with Crippen molar-refractivity contribution >= 4 is 11.9 Å². The van der Waals surface area contributed by atoms with Crippen LogP contribution < -0.4 is 10.5 Å². The van der Waals surface area contributed by atoms with Crippen LogP contribution in [0, 0.1) is 0 Å². The average molecular weight is 280 g/mol. The van der Waals surface area contributed by atoms with Gasteiger partial charge in [-0.05, 0) is 13.8 Å². The molecule has 0 bridgehead atoms. The number of rotatable bonds is 3. The summed E-state index contributed by atoms with van der Waals surface area (Å²) in [7, 11) is 0. The maximum atomic E-state index is 12.2. The third-order valence-electron chi connectivity index (χ3n) is 3.34. The van der Waals surface area contributed by atoms with Crippen LogP contribution in [0.15, 0.2) is 17.2 Å². The van der Waals surface area contributed by atoms with Crippen LogP contribution in [0.3, 0.4) is 0 Å². The van der Waals surface area contributed by atoms with Crippen LogP contribution in [0.2, 0.25) is 0 Å². The fourth-order valence-corrected chi connectivity index (χ4v) is 2.22. The standard InChI is InChI=1S/C13H20N4O3/c1-3-15-6-5-14-11(12(15)18)16-7-9-17(10-8-16)13(19)20-4-2/h5-6H,3-4,7-10H2,1-2H3. The van der Waals surface area contributed by atoms with Crippen molar-refractivity contribution in [3.63, 3.8) is 0 Å². The van der Waals surface area contributed by atoms with Crippen molar-refractivity contribution < 1.29 is 9.53 Å². The van der Waals surface area contributed by atoms with Crippen molar-refractivity contribution in [1.82, 2.24) is 14.5 Å². The largest absolute Gasteiger partial charge is 0.450 e. The maximum absolute atomic E-state index is 12.2. The van der Waals surface area contributed by atoms with E-state index in [1.54, 1.807) is 28.8 Å². The van der Waals surface area contributed by atoms with Crippen LogP contribution in [0.25, 0.3) is 0 Å². The van der Waals surface area contributed by atoms with Crippen LogP contribution >= 0.6 is 0 Å². The smallest absolute Gasteiger partial charge is 0.409 e. The molecule has 7 nitrogen and oxygen atoms in total. The van der Waals surface area contributed by atoms with E-state index in [1.807, 2.05) is 11.8 Å². The molecule has 0 saturated carbocycles. The van der Waals surface area contributed by atoms with Gasteiger partial charge in [-0.25, -0.2) is 9.78 Å². The zero-order valence-corrected chi connectivity index (χ0v) is 11.9. The van der Waals surface area contributed by atoms with Crippen molar-refractivity contribution in [1.29, 1.82) is 0 Å². The van der Waals surface area contributed by atoms with E-state index < -0.39 is 0 Å². The van der Waals surface area contributed by atoms with Gasteiger partial charge in [0.15, 0.2) is 5.82 Å². The first-order valence-electron chi connectivity index (χ1n) is 6.89. The van der Waals surface area contributed by atoms with Gasteiger partial charge < -0.3 is 19.1 Å². The zero-order valence-electron chi connectivity index (χ0n) is 11.9. The molecule has 0 aliphatic carbocycles. The van der Waals surface area contributed by atoms with E-state index >= 15 is 0 Å². The fraction of sp³-hybridized carbons (Fsp3) is 0.615. The Morgan fingerprint density at radius 2 is 2.00 bits per heavy atom. The van der Waals surface area contributed by atoms with E-state index in [2.05, 4.69) is 4.98 Å². The number of hydrogen-bond acceptors (Lipinski definition) is 5. The highest BCUT2D eigenvalue weighted by Crippen LogP contribution is 2.09. The van der Waals surface area contributed by atoms with Gasteiger partial charge in [0, 0.05) is 45.1 Å². The molecule has 0 spiro atoms. The predicted molar refractivity (Wildman–Crippen MR) is 75.0 cm³/mol. The molecule has 0 N–H and O–H groups in total. The predicted octanol–water partition coefficient (Wildman–Crippen LogP) is 0.542. The number of piperazine rings is 1. The zero-order chi connectivity index (χ0) is 14.5. The van der Waals surface area contributed by atoms with E-state index in [1.165, 1.54) is 0 Å². The lowest BCUT2D eigenvalue weighted by Gasteiger charge is -2.34. The van der Waals surface area contributed by atoms with Crippen LogP contribution in [-0.4, -0.2) is 53.3 Å². The molecule has 7 heteroatoms. The minimum atomic E-state index is -0.292. The topological polar surface area (TPSA) is 67.7 Å². The molecule has 1 saturated heterocycles. The van der Waals surface area contributed by atoms with Crippen LogP contribution in [0.1, 0.15) is 13.8 Å². The van der Waals surface area contributed by atoms with Gasteiger partial charge in [0.2, 0.25) is 0 Å². The quantitative estimate of drug-likeness (QED) is 0.808. The van der Waals surface area contributed by atoms with E-state index in [0.29, 0.717) is 45.1 Å². The third-order valence-corrected chi connectivity index (χ3v) is 3.34. The van der Waals surface area contributed by atoms with Gasteiger partial charge in [-0.2, -0.15) is 0 Å². The minimum absolute atomic E-state index is 0.0837. The monoisotopic (exact) mass is 280 g/mol. The number of nitrogens with zero attached hydrogens (tertiary/aromatic N) is 4. The van der Waals surface area contributed by atoms with Gasteiger partial charge in [0.1, 0.15) is 0 Å². The average Bonchev–Trinajstić information content (AvgIpc) is 2.48. The molecule has 1 fully saturated rings. The molecule has 0 unspecified atom stereocenters. The molecule has 0 atom stereocenters. The summed E-state index contributed by atoms with van der Waals surface area (Å²) in [6, 6.07) is 0. The lowest BCUT2D eigenvalue weighted by Crippen LogP contribution is -2.50. The third kappa shape index (κ3) is 2.92. The summed E-state index contributed by atoms with van der Waals surface area (Å²) in [5, 5.41) is 0. The van der Waals surface area contributed by atoms with Crippen molar-refractivity contribution in [2.45, 2.75) is 20.4 Å². The highest BCUT2D eigenvalue weighted by molar-refractivity contribution is 5.68. The second-order valence-corrected chi connectivity index (χ2v) is 4.52. The number of aryl methyl sites for hydroxylation is 1. The van der Waals surface area contributed by atoms with Crippen LogP contribution in [0.5, 0.6) is 0 Å². The maximum Gasteiger partial charge on any atom is 0.409 e. The van der Waals surface area contributed by atoms with Gasteiger partial charge in [0.05, 0.1) is 6.61 Å². The fourth-order valence-electron chi connectivity index (χ4n) is 2.22. The lowest BCUT2D eigenvalue weighted by atomic mass is 10.3. The van der Waals surface area contributed by atoms with Crippen molar-refractivity contribution in [2.75, 3.05) is 37.7 Å². The minimum Gasteiger partial charge on any atom is -0.450 e. The molecule has 2 rings (SSSR count). The van der Waals surface area contributed by atoms with E-state index in [0.717, 1.165) is 0 Å². The van der Waals surface area contributed by atoms with Crippen LogP contribution in [0.4, 0.5) is 10.6 Å². The number of anilines is 1. The summed E-state index contributed by atoms with van der Waals surface area (Å²) in [5.74, 6) is 0.456. The highest BCUT2D eigenvalue weighted by atomic mass is 16.6. The first-order valence-corrected chi connectivity index (χ1v) is 6.89. The van der Waals surface area contributed by atoms with Gasteiger partial charge in [-0.1, -0.05) is 0 Å². The SMILES string of the molecule is CCOC(=O)N1CCN(c2nccn(CC)c2=O)CC1.